The zero-order valence-corrected chi connectivity index (χ0v) is 12.0. The van der Waals surface area contributed by atoms with Crippen LogP contribution < -0.4 is 9.47 Å². The fourth-order valence-electron chi connectivity index (χ4n) is 2.41. The van der Waals surface area contributed by atoms with Gasteiger partial charge in [-0.2, -0.15) is 0 Å². The molecule has 1 unspecified atom stereocenters. The zero-order valence-electron chi connectivity index (χ0n) is 11.2. The van der Waals surface area contributed by atoms with Crippen molar-refractivity contribution in [2.24, 2.45) is 0 Å². The third kappa shape index (κ3) is 2.34. The van der Waals surface area contributed by atoms with Crippen molar-refractivity contribution in [1.82, 2.24) is 4.98 Å². The smallest absolute Gasteiger partial charge is 0.231 e. The molecule has 1 atom stereocenters. The summed E-state index contributed by atoms with van der Waals surface area (Å²) in [5.41, 5.74) is 1.80. The van der Waals surface area contributed by atoms with Crippen molar-refractivity contribution >= 4 is 21.6 Å². The molecule has 1 N–H and O–H groups in total. The fraction of sp³-hybridized carbons (Fsp3) is 0.188. The summed E-state index contributed by atoms with van der Waals surface area (Å²) in [6.45, 7) is 0.243. The molecule has 0 bridgehead atoms. The lowest BCUT2D eigenvalue weighted by Crippen LogP contribution is -2.01. The van der Waals surface area contributed by atoms with Crippen LogP contribution in [0, 0.1) is 0 Å². The second kappa shape index (κ2) is 5.02. The van der Waals surface area contributed by atoms with E-state index in [1.165, 1.54) is 0 Å². The quantitative estimate of drug-likeness (QED) is 0.806. The highest BCUT2D eigenvalue weighted by Crippen LogP contribution is 2.35. The average Bonchev–Trinajstić information content (AvgIpc) is 3.11. The number of fused-ring (bicyclic) bond motifs is 2. The molecule has 106 valence electrons. The van der Waals surface area contributed by atoms with Gasteiger partial charge in [-0.05, 0) is 29.8 Å². The van der Waals surface area contributed by atoms with E-state index in [-0.39, 0.29) is 6.79 Å². The number of nitrogens with zero attached hydrogens (tertiary/aromatic N) is 1. The summed E-state index contributed by atoms with van der Waals surface area (Å²) in [4.78, 5) is 4.55. The van der Waals surface area contributed by atoms with E-state index in [4.69, 9.17) is 9.47 Å². The van der Waals surface area contributed by atoms with Crippen LogP contribution in [0.2, 0.25) is 0 Å². The van der Waals surface area contributed by atoms with Crippen molar-refractivity contribution in [2.75, 3.05) is 6.79 Å². The van der Waals surface area contributed by atoms with Crippen molar-refractivity contribution < 1.29 is 14.6 Å². The largest absolute Gasteiger partial charge is 0.454 e. The predicted octanol–water partition coefficient (Wildman–Crippen LogP) is 3.30. The van der Waals surface area contributed by atoms with Crippen LogP contribution in [0.4, 0.5) is 0 Å². The van der Waals surface area contributed by atoms with E-state index in [0.29, 0.717) is 12.2 Å². The molecule has 0 saturated heterocycles. The number of ether oxygens (including phenoxy) is 2. The van der Waals surface area contributed by atoms with Crippen molar-refractivity contribution in [3.8, 4) is 11.5 Å². The van der Waals surface area contributed by atoms with Crippen LogP contribution >= 0.6 is 11.3 Å². The molecular weight excluding hydrogens is 286 g/mol. The first-order valence-electron chi connectivity index (χ1n) is 6.72. The number of aromatic nitrogens is 1. The van der Waals surface area contributed by atoms with Crippen LogP contribution in [-0.2, 0) is 6.42 Å². The van der Waals surface area contributed by atoms with Crippen LogP contribution in [0.3, 0.4) is 0 Å². The van der Waals surface area contributed by atoms with E-state index in [9.17, 15) is 5.11 Å². The molecule has 0 amide bonds. The van der Waals surface area contributed by atoms with Crippen LogP contribution in [0.5, 0.6) is 11.5 Å². The van der Waals surface area contributed by atoms with Gasteiger partial charge in [0.25, 0.3) is 0 Å². The van der Waals surface area contributed by atoms with Gasteiger partial charge in [-0.3, -0.25) is 0 Å². The molecule has 4 nitrogen and oxygen atoms in total. The van der Waals surface area contributed by atoms with E-state index in [2.05, 4.69) is 4.98 Å². The number of rotatable bonds is 3. The van der Waals surface area contributed by atoms with E-state index in [1.54, 1.807) is 11.3 Å². The Morgan fingerprint density at radius 1 is 1.14 bits per heavy atom. The van der Waals surface area contributed by atoms with Gasteiger partial charge in [0.15, 0.2) is 11.5 Å². The Kier molecular flexibility index (Phi) is 3.02. The summed E-state index contributed by atoms with van der Waals surface area (Å²) < 4.78 is 11.8. The topological polar surface area (TPSA) is 51.6 Å². The molecule has 21 heavy (non-hydrogen) atoms. The van der Waals surface area contributed by atoms with Crippen LogP contribution in [0.1, 0.15) is 16.7 Å². The number of hydrogen-bond acceptors (Lipinski definition) is 5. The van der Waals surface area contributed by atoms with Crippen molar-refractivity contribution in [1.29, 1.82) is 0 Å². The summed E-state index contributed by atoms with van der Waals surface area (Å²) >= 11 is 1.62. The highest BCUT2D eigenvalue weighted by Gasteiger charge is 2.18. The second-order valence-corrected chi connectivity index (χ2v) is 6.02. The average molecular weight is 299 g/mol. The normalized spacial score (nSPS) is 14.5. The van der Waals surface area contributed by atoms with Gasteiger partial charge in [0.1, 0.15) is 0 Å². The van der Waals surface area contributed by atoms with Gasteiger partial charge < -0.3 is 14.6 Å². The summed E-state index contributed by atoms with van der Waals surface area (Å²) in [5.74, 6) is 1.42. The lowest BCUT2D eigenvalue weighted by Gasteiger charge is -2.09. The number of para-hydroxylation sites is 1. The minimum atomic E-state index is -0.597. The Labute approximate surface area is 125 Å². The number of thiazole rings is 1. The Bertz CT molecular complexity index is 766. The molecule has 1 aliphatic heterocycles. The molecule has 0 fully saturated rings. The number of aliphatic hydroxyl groups is 1. The lowest BCUT2D eigenvalue weighted by molar-refractivity contribution is 0.171. The molecule has 3 aromatic rings. The predicted molar refractivity (Wildman–Crippen MR) is 80.8 cm³/mol. The maximum atomic E-state index is 10.4. The first kappa shape index (κ1) is 12.6. The van der Waals surface area contributed by atoms with Crippen molar-refractivity contribution in [2.45, 2.75) is 12.5 Å². The molecule has 0 spiro atoms. The maximum absolute atomic E-state index is 10.4. The van der Waals surface area contributed by atoms with Crippen LogP contribution in [-0.4, -0.2) is 16.9 Å². The molecule has 4 rings (SSSR count). The molecule has 2 aromatic carbocycles. The van der Waals surface area contributed by atoms with Crippen molar-refractivity contribution in [3.63, 3.8) is 0 Å². The first-order chi connectivity index (χ1) is 10.3. The van der Waals surface area contributed by atoms with Gasteiger partial charge >= 0.3 is 0 Å². The summed E-state index contributed by atoms with van der Waals surface area (Å²) in [6, 6.07) is 13.5. The number of aliphatic hydroxyl groups excluding tert-OH is 1. The Morgan fingerprint density at radius 2 is 2.00 bits per heavy atom. The first-order valence-corrected chi connectivity index (χ1v) is 7.53. The highest BCUT2D eigenvalue weighted by atomic mass is 32.1. The third-order valence-corrected chi connectivity index (χ3v) is 4.55. The summed E-state index contributed by atoms with van der Waals surface area (Å²) in [7, 11) is 0. The standard InChI is InChI=1S/C16H13NO3S/c18-12(10-5-6-13-14(7-10)20-9-19-13)8-16-17-11-3-1-2-4-15(11)21-16/h1-7,12,18H,8-9H2. The molecule has 1 aliphatic rings. The number of hydrogen-bond donors (Lipinski definition) is 1. The molecule has 1 aromatic heterocycles. The van der Waals surface area contributed by atoms with Gasteiger partial charge in [-0.25, -0.2) is 4.98 Å². The Hall–Kier alpha value is -2.11. The van der Waals surface area contributed by atoms with Gasteiger partial charge in [0.05, 0.1) is 21.3 Å². The number of benzene rings is 2. The van der Waals surface area contributed by atoms with Gasteiger partial charge in [0, 0.05) is 6.42 Å². The van der Waals surface area contributed by atoms with Crippen molar-refractivity contribution in [3.05, 3.63) is 53.0 Å². The van der Waals surface area contributed by atoms with E-state index in [1.807, 2.05) is 42.5 Å². The van der Waals surface area contributed by atoms with E-state index < -0.39 is 6.10 Å². The third-order valence-electron chi connectivity index (χ3n) is 3.49. The SMILES string of the molecule is OC(Cc1nc2ccccc2s1)c1ccc2c(c1)OCO2. The zero-order chi connectivity index (χ0) is 14.2. The maximum Gasteiger partial charge on any atom is 0.231 e. The van der Waals surface area contributed by atoms with E-state index in [0.717, 1.165) is 26.5 Å². The minimum absolute atomic E-state index is 0.243. The molecular formula is C16H13NO3S. The minimum Gasteiger partial charge on any atom is -0.454 e. The molecule has 0 radical (unpaired) electrons. The van der Waals surface area contributed by atoms with Gasteiger partial charge in [-0.15, -0.1) is 11.3 Å². The monoisotopic (exact) mass is 299 g/mol. The summed E-state index contributed by atoms with van der Waals surface area (Å²) in [5, 5.41) is 11.3. The van der Waals surface area contributed by atoms with Gasteiger partial charge in [0.2, 0.25) is 6.79 Å². The molecule has 2 heterocycles. The molecule has 0 saturated carbocycles. The second-order valence-electron chi connectivity index (χ2n) is 4.91. The van der Waals surface area contributed by atoms with Crippen LogP contribution in [0.15, 0.2) is 42.5 Å². The van der Waals surface area contributed by atoms with Crippen LogP contribution in [0.25, 0.3) is 10.2 Å². The summed E-state index contributed by atoms with van der Waals surface area (Å²) in [6.07, 6.45) is -0.0982. The Morgan fingerprint density at radius 3 is 2.90 bits per heavy atom. The highest BCUT2D eigenvalue weighted by molar-refractivity contribution is 7.18. The molecule has 0 aliphatic carbocycles. The molecule has 5 heteroatoms. The lowest BCUT2D eigenvalue weighted by atomic mass is 10.1. The van der Waals surface area contributed by atoms with E-state index >= 15 is 0 Å². The van der Waals surface area contributed by atoms with Gasteiger partial charge in [-0.1, -0.05) is 18.2 Å². The Balaban J connectivity index is 1.58. The fourth-order valence-corrected chi connectivity index (χ4v) is 3.41.